The van der Waals surface area contributed by atoms with Gasteiger partial charge in [0.15, 0.2) is 0 Å². The van der Waals surface area contributed by atoms with E-state index in [2.05, 4.69) is 12.2 Å². The first-order valence-corrected chi connectivity index (χ1v) is 5.97. The molecule has 0 amide bonds. The lowest BCUT2D eigenvalue weighted by molar-refractivity contribution is -0.137. The molecule has 0 radical (unpaired) electrons. The van der Waals surface area contributed by atoms with Crippen LogP contribution in [-0.2, 0) is 12.6 Å². The Morgan fingerprint density at radius 2 is 2.12 bits per heavy atom. The summed E-state index contributed by atoms with van der Waals surface area (Å²) in [7, 11) is 0. The molecule has 1 atom stereocenters. The van der Waals surface area contributed by atoms with Crippen LogP contribution in [0.1, 0.15) is 37.3 Å². The summed E-state index contributed by atoms with van der Waals surface area (Å²) in [4.78, 5) is 0. The zero-order valence-electron chi connectivity index (χ0n) is 9.77. The number of benzene rings is 1. The van der Waals surface area contributed by atoms with Gasteiger partial charge in [-0.15, -0.1) is 0 Å². The maximum absolute atomic E-state index is 12.5. The first kappa shape index (κ1) is 12.3. The number of anilines is 1. The maximum Gasteiger partial charge on any atom is 0.416 e. The smallest absolute Gasteiger partial charge is 0.382 e. The number of hydrogen-bond donors (Lipinski definition) is 1. The summed E-state index contributed by atoms with van der Waals surface area (Å²) < 4.78 is 37.6. The van der Waals surface area contributed by atoms with E-state index in [-0.39, 0.29) is 0 Å². The van der Waals surface area contributed by atoms with Gasteiger partial charge < -0.3 is 5.32 Å². The van der Waals surface area contributed by atoms with E-state index in [0.29, 0.717) is 6.04 Å². The maximum atomic E-state index is 12.5. The molecule has 0 saturated heterocycles. The van der Waals surface area contributed by atoms with Crippen LogP contribution in [0.4, 0.5) is 18.9 Å². The van der Waals surface area contributed by atoms with E-state index in [0.717, 1.165) is 43.0 Å². The molecule has 0 bridgehead atoms. The summed E-state index contributed by atoms with van der Waals surface area (Å²) in [6.07, 6.45) is -0.428. The summed E-state index contributed by atoms with van der Waals surface area (Å²) in [5.41, 5.74) is 1.10. The molecule has 0 aliphatic carbocycles. The van der Waals surface area contributed by atoms with Gasteiger partial charge in [-0.2, -0.15) is 13.2 Å². The molecule has 0 fully saturated rings. The zero-order valence-corrected chi connectivity index (χ0v) is 9.77. The zero-order chi connectivity index (χ0) is 12.5. The van der Waals surface area contributed by atoms with Crippen molar-refractivity contribution < 1.29 is 13.2 Å². The standard InChI is InChI=1S/C13H16F3N/c1-2-3-11-6-4-9-8-10(13(14,15)16)5-7-12(9)17-11/h5,7-8,11,17H,2-4,6H2,1H3. The van der Waals surface area contributed by atoms with E-state index in [1.54, 1.807) is 6.07 Å². The molecule has 0 spiro atoms. The number of halogens is 3. The average Bonchev–Trinajstić information content (AvgIpc) is 2.27. The van der Waals surface area contributed by atoms with E-state index in [4.69, 9.17) is 0 Å². The Labute approximate surface area is 99.0 Å². The monoisotopic (exact) mass is 243 g/mol. The van der Waals surface area contributed by atoms with Crippen molar-refractivity contribution in [3.8, 4) is 0 Å². The Hall–Kier alpha value is -1.19. The van der Waals surface area contributed by atoms with Crippen LogP contribution >= 0.6 is 0 Å². The second kappa shape index (κ2) is 4.59. The third-order valence-electron chi connectivity index (χ3n) is 3.19. The highest BCUT2D eigenvalue weighted by atomic mass is 19.4. The largest absolute Gasteiger partial charge is 0.416 e. The van der Waals surface area contributed by atoms with Gasteiger partial charge in [-0.3, -0.25) is 0 Å². The second-order valence-corrected chi connectivity index (χ2v) is 4.54. The van der Waals surface area contributed by atoms with Crippen molar-refractivity contribution in [3.63, 3.8) is 0 Å². The van der Waals surface area contributed by atoms with E-state index in [9.17, 15) is 13.2 Å². The average molecular weight is 243 g/mol. The van der Waals surface area contributed by atoms with Crippen LogP contribution in [0.2, 0.25) is 0 Å². The van der Waals surface area contributed by atoms with Crippen molar-refractivity contribution in [2.45, 2.75) is 44.8 Å². The topological polar surface area (TPSA) is 12.0 Å². The molecule has 1 nitrogen and oxygen atoms in total. The fourth-order valence-electron chi connectivity index (χ4n) is 2.30. The predicted octanol–water partition coefficient (Wildman–Crippen LogP) is 4.23. The minimum Gasteiger partial charge on any atom is -0.382 e. The molecule has 1 heterocycles. The van der Waals surface area contributed by atoms with Crippen LogP contribution in [-0.4, -0.2) is 6.04 Å². The van der Waals surface area contributed by atoms with Gasteiger partial charge in [0.1, 0.15) is 0 Å². The molecular weight excluding hydrogens is 227 g/mol. The van der Waals surface area contributed by atoms with Gasteiger partial charge in [0.05, 0.1) is 5.56 Å². The van der Waals surface area contributed by atoms with Crippen LogP contribution < -0.4 is 5.32 Å². The van der Waals surface area contributed by atoms with E-state index in [1.165, 1.54) is 6.07 Å². The van der Waals surface area contributed by atoms with Crippen molar-refractivity contribution in [2.75, 3.05) is 5.32 Å². The molecule has 1 aromatic carbocycles. The summed E-state index contributed by atoms with van der Waals surface area (Å²) in [6, 6.07) is 4.38. The number of alkyl halides is 3. The van der Waals surface area contributed by atoms with E-state index >= 15 is 0 Å². The minimum atomic E-state index is -4.24. The van der Waals surface area contributed by atoms with Crippen LogP contribution in [0.5, 0.6) is 0 Å². The van der Waals surface area contributed by atoms with Gasteiger partial charge in [-0.25, -0.2) is 0 Å². The number of aryl methyl sites for hydroxylation is 1. The van der Waals surface area contributed by atoms with Crippen LogP contribution in [0.25, 0.3) is 0 Å². The van der Waals surface area contributed by atoms with Gasteiger partial charge in [-0.1, -0.05) is 13.3 Å². The van der Waals surface area contributed by atoms with E-state index < -0.39 is 11.7 Å². The first-order chi connectivity index (χ1) is 8.00. The van der Waals surface area contributed by atoms with Crippen molar-refractivity contribution >= 4 is 5.69 Å². The number of nitrogens with one attached hydrogen (secondary N) is 1. The molecular formula is C13H16F3N. The highest BCUT2D eigenvalue weighted by molar-refractivity contribution is 5.55. The number of hydrogen-bond acceptors (Lipinski definition) is 1. The highest BCUT2D eigenvalue weighted by Crippen LogP contribution is 2.34. The van der Waals surface area contributed by atoms with Gasteiger partial charge in [-0.05, 0) is 43.0 Å². The molecule has 2 rings (SSSR count). The van der Waals surface area contributed by atoms with Crippen LogP contribution in [0, 0.1) is 0 Å². The van der Waals surface area contributed by atoms with Crippen molar-refractivity contribution in [1.29, 1.82) is 0 Å². The summed E-state index contributed by atoms with van der Waals surface area (Å²) in [6.45, 7) is 2.12. The molecule has 1 N–H and O–H groups in total. The SMILES string of the molecule is CCCC1CCc2cc(C(F)(F)F)ccc2N1. The minimum absolute atomic E-state index is 0.407. The van der Waals surface area contributed by atoms with Gasteiger partial charge in [0.2, 0.25) is 0 Å². The van der Waals surface area contributed by atoms with Crippen molar-refractivity contribution in [2.24, 2.45) is 0 Å². The lowest BCUT2D eigenvalue weighted by Crippen LogP contribution is -2.25. The van der Waals surface area contributed by atoms with Crippen molar-refractivity contribution in [3.05, 3.63) is 29.3 Å². The molecule has 1 aliphatic heterocycles. The Bertz CT molecular complexity index is 398. The third-order valence-corrected chi connectivity index (χ3v) is 3.19. The second-order valence-electron chi connectivity index (χ2n) is 4.54. The molecule has 17 heavy (non-hydrogen) atoms. The fraction of sp³-hybridized carbons (Fsp3) is 0.538. The number of rotatable bonds is 2. The number of fused-ring (bicyclic) bond motifs is 1. The molecule has 1 unspecified atom stereocenters. The molecule has 0 saturated carbocycles. The molecule has 4 heteroatoms. The Kier molecular flexibility index (Phi) is 3.31. The quantitative estimate of drug-likeness (QED) is 0.819. The van der Waals surface area contributed by atoms with Crippen molar-refractivity contribution in [1.82, 2.24) is 0 Å². The molecule has 94 valence electrons. The molecule has 1 aliphatic rings. The van der Waals surface area contributed by atoms with Gasteiger partial charge in [0.25, 0.3) is 0 Å². The summed E-state index contributed by atoms with van der Waals surface area (Å²) in [5, 5.41) is 3.31. The molecule has 1 aromatic rings. The summed E-state index contributed by atoms with van der Waals surface area (Å²) >= 11 is 0. The Balaban J connectivity index is 2.20. The Morgan fingerprint density at radius 3 is 2.76 bits per heavy atom. The highest BCUT2D eigenvalue weighted by Gasteiger charge is 2.31. The lowest BCUT2D eigenvalue weighted by Gasteiger charge is -2.27. The summed E-state index contributed by atoms with van der Waals surface area (Å²) in [5.74, 6) is 0. The van der Waals surface area contributed by atoms with Gasteiger partial charge >= 0.3 is 6.18 Å². The lowest BCUT2D eigenvalue weighted by atomic mass is 9.94. The van der Waals surface area contributed by atoms with E-state index in [1.807, 2.05) is 0 Å². The first-order valence-electron chi connectivity index (χ1n) is 5.97. The van der Waals surface area contributed by atoms with Gasteiger partial charge in [0, 0.05) is 11.7 Å². The normalized spacial score (nSPS) is 19.6. The third kappa shape index (κ3) is 2.73. The van der Waals surface area contributed by atoms with Crippen LogP contribution in [0.15, 0.2) is 18.2 Å². The molecule has 0 aromatic heterocycles. The fourth-order valence-corrected chi connectivity index (χ4v) is 2.30. The Morgan fingerprint density at radius 1 is 1.35 bits per heavy atom. The predicted molar refractivity (Wildman–Crippen MR) is 62.1 cm³/mol. The van der Waals surface area contributed by atoms with Crippen LogP contribution in [0.3, 0.4) is 0 Å².